The molecule has 0 saturated carbocycles. The van der Waals surface area contributed by atoms with E-state index >= 15 is 0 Å². The first-order chi connectivity index (χ1) is 9.83. The van der Waals surface area contributed by atoms with Gasteiger partial charge in [-0.25, -0.2) is 0 Å². The maximum absolute atomic E-state index is 3.61. The lowest BCUT2D eigenvalue weighted by atomic mass is 9.80. The summed E-state index contributed by atoms with van der Waals surface area (Å²) in [5.74, 6) is 0.667. The second-order valence-corrected chi connectivity index (χ2v) is 8.39. The van der Waals surface area contributed by atoms with Gasteiger partial charge in [0.25, 0.3) is 0 Å². The molecule has 2 heteroatoms. The molecule has 0 radical (unpaired) electrons. The first kappa shape index (κ1) is 13.2. The van der Waals surface area contributed by atoms with Crippen LogP contribution in [0.25, 0.3) is 0 Å². The molecule has 0 bridgehead atoms. The number of hydrogen-bond acceptors (Lipinski definition) is 1. The van der Waals surface area contributed by atoms with Crippen LogP contribution in [0.5, 0.6) is 0 Å². The minimum atomic E-state index is 0.667. The molecule has 4 rings (SSSR count). The summed E-state index contributed by atoms with van der Waals surface area (Å²) in [4.78, 5) is 0. The minimum absolute atomic E-state index is 0.667. The molecule has 3 atom stereocenters. The maximum atomic E-state index is 3.61. The van der Waals surface area contributed by atoms with E-state index in [0.29, 0.717) is 11.2 Å². The van der Waals surface area contributed by atoms with Crippen LogP contribution in [0.3, 0.4) is 0 Å². The highest BCUT2D eigenvalue weighted by Crippen LogP contribution is 2.53. The molecule has 0 aromatic heterocycles. The molecule has 3 unspecified atom stereocenters. The number of hydrogen-bond donors (Lipinski definition) is 0. The van der Waals surface area contributed by atoms with Gasteiger partial charge in [-0.2, -0.15) is 0 Å². The van der Waals surface area contributed by atoms with Crippen LogP contribution < -0.4 is 0 Å². The van der Waals surface area contributed by atoms with Gasteiger partial charge in [-0.15, -0.1) is 11.8 Å². The third-order valence-corrected chi connectivity index (χ3v) is 7.15. The van der Waals surface area contributed by atoms with E-state index in [1.807, 2.05) is 0 Å². The second kappa shape index (κ2) is 5.38. The highest BCUT2D eigenvalue weighted by atomic mass is 79.9. The van der Waals surface area contributed by atoms with Crippen molar-refractivity contribution in [3.05, 3.63) is 57.7 Å². The standard InChI is InChI=1S/C18H19BrS/c19-13-10-8-12(9-11-13)14-5-3-6-16-15-4-1-2-7-17(15)20-18(14)16/h3-6,8,10,16-18H,1-2,7,9,11H2. The van der Waals surface area contributed by atoms with Gasteiger partial charge in [-0.3, -0.25) is 0 Å². The molecule has 1 heterocycles. The minimum Gasteiger partial charge on any atom is -0.145 e. The number of thioether (sulfide) groups is 1. The number of rotatable bonds is 1. The Morgan fingerprint density at radius 1 is 1.15 bits per heavy atom. The molecule has 0 aromatic carbocycles. The summed E-state index contributed by atoms with van der Waals surface area (Å²) in [5, 5.41) is 1.46. The summed E-state index contributed by atoms with van der Waals surface area (Å²) >= 11 is 5.83. The van der Waals surface area contributed by atoms with Crippen LogP contribution in [-0.4, -0.2) is 10.5 Å². The van der Waals surface area contributed by atoms with Crippen molar-refractivity contribution in [1.82, 2.24) is 0 Å². The lowest BCUT2D eigenvalue weighted by molar-refractivity contribution is 0.663. The Labute approximate surface area is 133 Å². The largest absolute Gasteiger partial charge is 0.145 e. The van der Waals surface area contributed by atoms with Crippen LogP contribution in [0.15, 0.2) is 57.7 Å². The lowest BCUT2D eigenvalue weighted by Gasteiger charge is -2.26. The number of fused-ring (bicyclic) bond motifs is 3. The molecule has 20 heavy (non-hydrogen) atoms. The predicted molar refractivity (Wildman–Crippen MR) is 92.1 cm³/mol. The molecule has 4 aliphatic rings. The van der Waals surface area contributed by atoms with Crippen LogP contribution >= 0.6 is 27.7 Å². The Morgan fingerprint density at radius 3 is 2.95 bits per heavy atom. The van der Waals surface area contributed by atoms with E-state index in [1.54, 1.807) is 16.7 Å². The van der Waals surface area contributed by atoms with Gasteiger partial charge in [0.05, 0.1) is 0 Å². The molecule has 0 amide bonds. The molecular weight excluding hydrogens is 328 g/mol. The van der Waals surface area contributed by atoms with Crippen LogP contribution in [-0.2, 0) is 0 Å². The molecule has 0 aromatic rings. The number of allylic oxidation sites excluding steroid dienone is 8. The Bertz CT molecular complexity index is 576. The lowest BCUT2D eigenvalue weighted by Crippen LogP contribution is -2.18. The van der Waals surface area contributed by atoms with E-state index in [4.69, 9.17) is 0 Å². The predicted octanol–water partition coefficient (Wildman–Crippen LogP) is 5.69. The van der Waals surface area contributed by atoms with E-state index in [2.05, 4.69) is 64.1 Å². The molecule has 0 spiro atoms. The van der Waals surface area contributed by atoms with Crippen molar-refractivity contribution in [3.63, 3.8) is 0 Å². The molecule has 0 N–H and O–H groups in total. The highest BCUT2D eigenvalue weighted by Gasteiger charge is 2.41. The SMILES string of the molecule is BrC1=CC=C(C2=CC=CC3C4=CCCCC4SC23)CC1. The van der Waals surface area contributed by atoms with Crippen molar-refractivity contribution in [2.75, 3.05) is 0 Å². The Kier molecular flexibility index (Phi) is 3.55. The third-order valence-electron chi connectivity index (χ3n) is 4.81. The average Bonchev–Trinajstić information content (AvgIpc) is 2.87. The fourth-order valence-electron chi connectivity index (χ4n) is 3.80. The van der Waals surface area contributed by atoms with Crippen molar-refractivity contribution >= 4 is 27.7 Å². The average molecular weight is 347 g/mol. The summed E-state index contributed by atoms with van der Waals surface area (Å²) < 4.78 is 1.33. The van der Waals surface area contributed by atoms with Gasteiger partial charge in [-0.1, -0.05) is 58.0 Å². The van der Waals surface area contributed by atoms with Crippen LogP contribution in [0, 0.1) is 5.92 Å². The Morgan fingerprint density at radius 2 is 2.10 bits per heavy atom. The monoisotopic (exact) mass is 346 g/mol. The van der Waals surface area contributed by atoms with Gasteiger partial charge >= 0.3 is 0 Å². The summed E-state index contributed by atoms with van der Waals surface area (Å²) in [6.07, 6.45) is 20.6. The summed E-state index contributed by atoms with van der Waals surface area (Å²) in [5.41, 5.74) is 4.87. The second-order valence-electron chi connectivity index (χ2n) is 6.02. The molecule has 0 nitrogen and oxygen atoms in total. The molecule has 104 valence electrons. The molecule has 1 aliphatic heterocycles. The zero-order valence-corrected chi connectivity index (χ0v) is 13.9. The van der Waals surface area contributed by atoms with Crippen LogP contribution in [0.4, 0.5) is 0 Å². The van der Waals surface area contributed by atoms with Gasteiger partial charge in [-0.05, 0) is 47.7 Å². The summed E-state index contributed by atoms with van der Waals surface area (Å²) in [7, 11) is 0. The quantitative estimate of drug-likeness (QED) is 0.549. The Balaban J connectivity index is 1.66. The third kappa shape index (κ3) is 2.21. The van der Waals surface area contributed by atoms with Crippen molar-refractivity contribution < 1.29 is 0 Å². The van der Waals surface area contributed by atoms with Gasteiger partial charge in [0, 0.05) is 16.4 Å². The van der Waals surface area contributed by atoms with E-state index in [9.17, 15) is 0 Å². The smallest absolute Gasteiger partial charge is 0.0406 e. The zero-order valence-electron chi connectivity index (χ0n) is 11.5. The molecular formula is C18H19BrS. The Hall–Kier alpha value is -0.470. The fraction of sp³-hybridized carbons (Fsp3) is 0.444. The van der Waals surface area contributed by atoms with Crippen LogP contribution in [0.2, 0.25) is 0 Å². The molecule has 1 saturated heterocycles. The van der Waals surface area contributed by atoms with Crippen molar-refractivity contribution in [2.45, 2.75) is 42.6 Å². The molecule has 3 aliphatic carbocycles. The highest BCUT2D eigenvalue weighted by molar-refractivity contribution is 9.11. The van der Waals surface area contributed by atoms with Gasteiger partial charge in [0.15, 0.2) is 0 Å². The molecule has 1 fully saturated rings. The normalized spacial score (nSPS) is 35.5. The fourth-order valence-corrected chi connectivity index (χ4v) is 5.99. The van der Waals surface area contributed by atoms with E-state index in [0.717, 1.165) is 11.7 Å². The van der Waals surface area contributed by atoms with Crippen molar-refractivity contribution in [1.29, 1.82) is 0 Å². The summed E-state index contributed by atoms with van der Waals surface area (Å²) in [6.45, 7) is 0. The van der Waals surface area contributed by atoms with Crippen molar-refractivity contribution in [3.8, 4) is 0 Å². The van der Waals surface area contributed by atoms with E-state index in [-0.39, 0.29) is 0 Å². The first-order valence-electron chi connectivity index (χ1n) is 7.62. The maximum Gasteiger partial charge on any atom is 0.0406 e. The van der Waals surface area contributed by atoms with Crippen molar-refractivity contribution in [2.24, 2.45) is 5.92 Å². The topological polar surface area (TPSA) is 0 Å². The first-order valence-corrected chi connectivity index (χ1v) is 9.36. The van der Waals surface area contributed by atoms with Gasteiger partial charge in [0.2, 0.25) is 0 Å². The van der Waals surface area contributed by atoms with Gasteiger partial charge < -0.3 is 0 Å². The van der Waals surface area contributed by atoms with Crippen LogP contribution in [0.1, 0.15) is 32.1 Å². The van der Waals surface area contributed by atoms with Gasteiger partial charge in [0.1, 0.15) is 0 Å². The zero-order chi connectivity index (χ0) is 13.5. The summed E-state index contributed by atoms with van der Waals surface area (Å²) in [6, 6.07) is 0. The van der Waals surface area contributed by atoms with E-state index in [1.165, 1.54) is 30.2 Å². The van der Waals surface area contributed by atoms with E-state index < -0.39 is 0 Å². The number of halogens is 1.